The number of hydroxylamine groups is 1. The van der Waals surface area contributed by atoms with Crippen LogP contribution in [-0.2, 0) is 4.84 Å². The molecule has 1 aromatic rings. The summed E-state index contributed by atoms with van der Waals surface area (Å²) in [4.78, 5) is 9.77. The quantitative estimate of drug-likeness (QED) is 0.758. The zero-order valence-corrected chi connectivity index (χ0v) is 10.4. The van der Waals surface area contributed by atoms with Crippen molar-refractivity contribution in [3.05, 3.63) is 35.6 Å². The molecule has 1 aliphatic rings. The molecule has 0 saturated heterocycles. The highest BCUT2D eigenvalue weighted by atomic mass is 19.1. The minimum atomic E-state index is -0.250. The Bertz CT molecular complexity index is 405. The monoisotopic (exact) mass is 251 g/mol. The topological polar surface area (TPSA) is 45.7 Å². The number of halogens is 1. The fourth-order valence-corrected chi connectivity index (χ4v) is 1.76. The molecule has 0 radical (unpaired) electrons. The van der Waals surface area contributed by atoms with Crippen LogP contribution >= 0.6 is 0 Å². The molecule has 1 aromatic carbocycles. The first kappa shape index (κ1) is 13.0. The van der Waals surface area contributed by atoms with Gasteiger partial charge in [0.25, 0.3) is 0 Å². The number of amidine groups is 1. The Labute approximate surface area is 106 Å². The second-order valence-electron chi connectivity index (χ2n) is 4.15. The van der Waals surface area contributed by atoms with Gasteiger partial charge >= 0.3 is 0 Å². The maximum absolute atomic E-state index is 12.8. The Hall–Kier alpha value is -1.46. The van der Waals surface area contributed by atoms with Crippen molar-refractivity contribution in [2.45, 2.75) is 26.0 Å². The van der Waals surface area contributed by atoms with Gasteiger partial charge in [-0.05, 0) is 50.2 Å². The number of nitrogens with one attached hydrogen (secondary N) is 2. The lowest BCUT2D eigenvalue weighted by Gasteiger charge is -2.05. The second-order valence-corrected chi connectivity index (χ2v) is 4.15. The van der Waals surface area contributed by atoms with Crippen LogP contribution in [0.1, 0.15) is 25.3 Å². The molecule has 0 aromatic heterocycles. The first-order valence-corrected chi connectivity index (χ1v) is 6.25. The summed E-state index contributed by atoms with van der Waals surface area (Å²) in [6, 6.07) is 6.20. The van der Waals surface area contributed by atoms with Crippen molar-refractivity contribution in [2.75, 3.05) is 13.1 Å². The molecule has 0 bridgehead atoms. The van der Waals surface area contributed by atoms with E-state index in [1.54, 1.807) is 12.1 Å². The average molecular weight is 251 g/mol. The van der Waals surface area contributed by atoms with Crippen molar-refractivity contribution in [3.8, 4) is 0 Å². The standard InChI is InChI=1S/C13H18FN3O/c1-2-15-9-3-4-12-16-13(17-18-12)10-5-7-11(14)8-6-10/h5-8,12,15H,2-4,9H2,1H3,(H,16,17). The zero-order chi connectivity index (χ0) is 12.8. The van der Waals surface area contributed by atoms with E-state index in [1.807, 2.05) is 0 Å². The van der Waals surface area contributed by atoms with Crippen LogP contribution in [0.3, 0.4) is 0 Å². The number of nitrogens with zero attached hydrogens (tertiary/aromatic N) is 1. The summed E-state index contributed by atoms with van der Waals surface area (Å²) in [7, 11) is 0. The van der Waals surface area contributed by atoms with Gasteiger partial charge in [0, 0.05) is 5.56 Å². The normalized spacial score (nSPS) is 18.6. The highest BCUT2D eigenvalue weighted by Gasteiger charge is 2.18. The van der Waals surface area contributed by atoms with Gasteiger partial charge in [-0.2, -0.15) is 0 Å². The lowest BCUT2D eigenvalue weighted by atomic mass is 10.2. The zero-order valence-electron chi connectivity index (χ0n) is 10.4. The Balaban J connectivity index is 1.86. The van der Waals surface area contributed by atoms with E-state index < -0.39 is 0 Å². The van der Waals surface area contributed by atoms with Crippen LogP contribution in [0.5, 0.6) is 0 Å². The summed E-state index contributed by atoms with van der Waals surface area (Å²) in [6.07, 6.45) is 1.73. The fraction of sp³-hybridized carbons (Fsp3) is 0.462. The molecular weight excluding hydrogens is 233 g/mol. The molecular formula is C13H18FN3O. The third kappa shape index (κ3) is 3.51. The Morgan fingerprint density at radius 1 is 1.39 bits per heavy atom. The van der Waals surface area contributed by atoms with E-state index in [2.05, 4.69) is 22.7 Å². The summed E-state index contributed by atoms with van der Waals surface area (Å²) in [5.41, 5.74) is 3.63. The molecule has 18 heavy (non-hydrogen) atoms. The molecule has 1 atom stereocenters. The third-order valence-electron chi connectivity index (χ3n) is 2.74. The van der Waals surface area contributed by atoms with Crippen LogP contribution in [-0.4, -0.2) is 25.2 Å². The van der Waals surface area contributed by atoms with Gasteiger partial charge in [0.05, 0.1) is 0 Å². The van der Waals surface area contributed by atoms with Crippen molar-refractivity contribution in [3.63, 3.8) is 0 Å². The van der Waals surface area contributed by atoms with Crippen molar-refractivity contribution in [2.24, 2.45) is 4.99 Å². The summed E-state index contributed by atoms with van der Waals surface area (Å²) in [6.45, 7) is 4.03. The minimum Gasteiger partial charge on any atom is -0.317 e. The average Bonchev–Trinajstić information content (AvgIpc) is 2.84. The van der Waals surface area contributed by atoms with Gasteiger partial charge in [-0.15, -0.1) is 0 Å². The predicted octanol–water partition coefficient (Wildman–Crippen LogP) is 1.82. The van der Waals surface area contributed by atoms with Crippen molar-refractivity contribution in [1.29, 1.82) is 0 Å². The summed E-state index contributed by atoms with van der Waals surface area (Å²) in [5, 5.41) is 3.26. The van der Waals surface area contributed by atoms with Crippen molar-refractivity contribution in [1.82, 2.24) is 10.8 Å². The maximum atomic E-state index is 12.8. The number of hydrogen-bond acceptors (Lipinski definition) is 4. The molecule has 2 N–H and O–H groups in total. The Morgan fingerprint density at radius 2 is 2.17 bits per heavy atom. The molecule has 1 aliphatic heterocycles. The van der Waals surface area contributed by atoms with Crippen molar-refractivity contribution >= 4 is 5.84 Å². The van der Waals surface area contributed by atoms with Crippen LogP contribution in [0, 0.1) is 5.82 Å². The van der Waals surface area contributed by atoms with E-state index in [1.165, 1.54) is 12.1 Å². The molecule has 1 heterocycles. The van der Waals surface area contributed by atoms with E-state index in [0.717, 1.165) is 31.5 Å². The van der Waals surface area contributed by atoms with Crippen molar-refractivity contribution < 1.29 is 9.23 Å². The van der Waals surface area contributed by atoms with E-state index in [0.29, 0.717) is 5.84 Å². The first-order chi connectivity index (χ1) is 8.79. The van der Waals surface area contributed by atoms with E-state index in [9.17, 15) is 4.39 Å². The molecule has 5 heteroatoms. The van der Waals surface area contributed by atoms with Gasteiger partial charge in [0.1, 0.15) is 5.82 Å². The molecule has 0 amide bonds. The van der Waals surface area contributed by atoms with E-state index in [4.69, 9.17) is 4.84 Å². The Kier molecular flexibility index (Phi) is 4.66. The summed E-state index contributed by atoms with van der Waals surface area (Å²) in [5.74, 6) is 0.420. The van der Waals surface area contributed by atoms with Gasteiger partial charge in [0.15, 0.2) is 12.1 Å². The lowest BCUT2D eigenvalue weighted by molar-refractivity contribution is 0.0323. The van der Waals surface area contributed by atoms with Crippen LogP contribution in [0.15, 0.2) is 29.3 Å². The number of aliphatic imine (C=N–C) groups is 1. The van der Waals surface area contributed by atoms with Gasteiger partial charge in [0.2, 0.25) is 0 Å². The summed E-state index contributed by atoms with van der Waals surface area (Å²) >= 11 is 0. The highest BCUT2D eigenvalue weighted by molar-refractivity contribution is 5.98. The molecule has 0 saturated carbocycles. The largest absolute Gasteiger partial charge is 0.317 e. The van der Waals surface area contributed by atoms with Gasteiger partial charge in [-0.25, -0.2) is 19.7 Å². The van der Waals surface area contributed by atoms with Crippen LogP contribution < -0.4 is 10.8 Å². The first-order valence-electron chi connectivity index (χ1n) is 6.25. The molecule has 2 rings (SSSR count). The summed E-state index contributed by atoms with van der Waals surface area (Å²) < 4.78 is 12.8. The van der Waals surface area contributed by atoms with E-state index >= 15 is 0 Å². The van der Waals surface area contributed by atoms with Crippen LogP contribution in [0.4, 0.5) is 4.39 Å². The molecule has 0 spiro atoms. The number of rotatable bonds is 6. The van der Waals surface area contributed by atoms with Gasteiger partial charge < -0.3 is 5.32 Å². The van der Waals surface area contributed by atoms with Crippen LogP contribution in [0.2, 0.25) is 0 Å². The smallest absolute Gasteiger partial charge is 0.177 e. The molecule has 0 aliphatic carbocycles. The lowest BCUT2D eigenvalue weighted by Crippen LogP contribution is -2.20. The highest BCUT2D eigenvalue weighted by Crippen LogP contribution is 2.12. The molecule has 98 valence electrons. The molecule has 1 unspecified atom stereocenters. The van der Waals surface area contributed by atoms with E-state index in [-0.39, 0.29) is 12.0 Å². The van der Waals surface area contributed by atoms with Gasteiger partial charge in [-0.3, -0.25) is 0 Å². The fourth-order valence-electron chi connectivity index (χ4n) is 1.76. The second kappa shape index (κ2) is 6.47. The molecule has 4 nitrogen and oxygen atoms in total. The molecule has 0 fully saturated rings. The van der Waals surface area contributed by atoms with Gasteiger partial charge in [-0.1, -0.05) is 6.92 Å². The maximum Gasteiger partial charge on any atom is 0.177 e. The van der Waals surface area contributed by atoms with Crippen LogP contribution in [0.25, 0.3) is 0 Å². The number of hydrogen-bond donors (Lipinski definition) is 2. The SMILES string of the molecule is CCNCCCC1N=C(c2ccc(F)cc2)NO1. The predicted molar refractivity (Wildman–Crippen MR) is 68.7 cm³/mol. The Morgan fingerprint density at radius 3 is 2.89 bits per heavy atom. The number of benzene rings is 1. The minimum absolute atomic E-state index is 0.149. The third-order valence-corrected chi connectivity index (χ3v) is 2.74.